The van der Waals surface area contributed by atoms with Gasteiger partial charge in [-0.3, -0.25) is 4.40 Å². The van der Waals surface area contributed by atoms with E-state index >= 15 is 0 Å². The number of hydrogen-bond acceptors (Lipinski definition) is 4. The minimum absolute atomic E-state index is 0.556. The monoisotopic (exact) mass is 303 g/mol. The van der Waals surface area contributed by atoms with Gasteiger partial charge in [-0.25, -0.2) is 0 Å². The van der Waals surface area contributed by atoms with Gasteiger partial charge in [0.1, 0.15) is 5.15 Å². The number of ether oxygens (including phenoxy) is 2. The normalized spacial score (nSPS) is 10.8. The lowest BCUT2D eigenvalue weighted by Crippen LogP contribution is -1.97. The third kappa shape index (κ3) is 2.40. The Bertz CT molecular complexity index is 786. The molecular formula is C15H14ClN3O2. The van der Waals surface area contributed by atoms with Crippen molar-refractivity contribution in [3.8, 4) is 22.9 Å². The molecule has 5 nitrogen and oxygen atoms in total. The van der Waals surface area contributed by atoms with Gasteiger partial charge in [0.15, 0.2) is 23.0 Å². The van der Waals surface area contributed by atoms with E-state index in [1.165, 1.54) is 0 Å². The molecular weight excluding hydrogens is 290 g/mol. The highest BCUT2D eigenvalue weighted by Crippen LogP contribution is 2.32. The lowest BCUT2D eigenvalue weighted by molar-refractivity contribution is 0.311. The molecule has 0 saturated carbocycles. The van der Waals surface area contributed by atoms with E-state index in [0.717, 1.165) is 5.56 Å². The average molecular weight is 304 g/mol. The van der Waals surface area contributed by atoms with Crippen LogP contribution in [0.2, 0.25) is 5.15 Å². The first kappa shape index (κ1) is 13.7. The summed E-state index contributed by atoms with van der Waals surface area (Å²) in [6.45, 7) is 2.51. The molecule has 0 radical (unpaired) electrons. The summed E-state index contributed by atoms with van der Waals surface area (Å²) in [4.78, 5) is 0. The highest BCUT2D eigenvalue weighted by atomic mass is 35.5. The van der Waals surface area contributed by atoms with Crippen LogP contribution >= 0.6 is 11.6 Å². The number of pyridine rings is 1. The fourth-order valence-corrected chi connectivity index (χ4v) is 2.41. The molecule has 0 fully saturated rings. The number of nitrogens with zero attached hydrogens (tertiary/aromatic N) is 3. The van der Waals surface area contributed by atoms with E-state index in [4.69, 9.17) is 21.1 Å². The summed E-state index contributed by atoms with van der Waals surface area (Å²) in [7, 11) is 1.61. The van der Waals surface area contributed by atoms with Crippen molar-refractivity contribution in [3.63, 3.8) is 0 Å². The van der Waals surface area contributed by atoms with Crippen molar-refractivity contribution < 1.29 is 9.47 Å². The number of halogens is 1. The van der Waals surface area contributed by atoms with Crippen LogP contribution in [0.15, 0.2) is 36.4 Å². The van der Waals surface area contributed by atoms with Gasteiger partial charge in [-0.2, -0.15) is 0 Å². The molecule has 108 valence electrons. The molecule has 21 heavy (non-hydrogen) atoms. The predicted molar refractivity (Wildman–Crippen MR) is 81.2 cm³/mol. The van der Waals surface area contributed by atoms with Crippen molar-refractivity contribution in [2.45, 2.75) is 6.92 Å². The largest absolute Gasteiger partial charge is 0.493 e. The molecule has 0 aliphatic carbocycles. The Morgan fingerprint density at radius 3 is 2.76 bits per heavy atom. The Morgan fingerprint density at radius 1 is 1.14 bits per heavy atom. The lowest BCUT2D eigenvalue weighted by atomic mass is 10.2. The summed E-state index contributed by atoms with van der Waals surface area (Å²) in [5.41, 5.74) is 1.56. The standard InChI is InChI=1S/C15H14ClN3O2/c1-3-21-11-8-7-10(9-12(11)20-2)15-18-17-14-6-4-5-13(16)19(14)15/h4-9H,3H2,1-2H3. The van der Waals surface area contributed by atoms with Gasteiger partial charge in [0.25, 0.3) is 0 Å². The summed E-state index contributed by atoms with van der Waals surface area (Å²) in [6.07, 6.45) is 0. The second kappa shape index (κ2) is 5.61. The van der Waals surface area contributed by atoms with Gasteiger partial charge in [-0.05, 0) is 37.3 Å². The van der Waals surface area contributed by atoms with Crippen LogP contribution in [0.5, 0.6) is 11.5 Å². The Kier molecular flexibility index (Phi) is 3.66. The van der Waals surface area contributed by atoms with E-state index in [0.29, 0.717) is 34.7 Å². The van der Waals surface area contributed by atoms with Gasteiger partial charge in [0.05, 0.1) is 13.7 Å². The molecule has 1 aromatic carbocycles. The third-order valence-electron chi connectivity index (χ3n) is 3.10. The minimum atomic E-state index is 0.556. The third-order valence-corrected chi connectivity index (χ3v) is 3.40. The predicted octanol–water partition coefficient (Wildman–Crippen LogP) is 3.46. The minimum Gasteiger partial charge on any atom is -0.493 e. The molecule has 0 unspecified atom stereocenters. The van der Waals surface area contributed by atoms with Crippen LogP contribution in [0.1, 0.15) is 6.92 Å². The van der Waals surface area contributed by atoms with E-state index in [1.807, 2.05) is 37.3 Å². The summed E-state index contributed by atoms with van der Waals surface area (Å²) < 4.78 is 12.7. The fourth-order valence-electron chi connectivity index (χ4n) is 2.17. The molecule has 3 aromatic rings. The van der Waals surface area contributed by atoms with Gasteiger partial charge >= 0.3 is 0 Å². The van der Waals surface area contributed by atoms with Crippen molar-refractivity contribution in [3.05, 3.63) is 41.6 Å². The Morgan fingerprint density at radius 2 is 2.00 bits per heavy atom. The van der Waals surface area contributed by atoms with Crippen LogP contribution in [0, 0.1) is 0 Å². The van der Waals surface area contributed by atoms with Crippen LogP contribution in [-0.2, 0) is 0 Å². The Hall–Kier alpha value is -2.27. The van der Waals surface area contributed by atoms with E-state index < -0.39 is 0 Å². The highest BCUT2D eigenvalue weighted by Gasteiger charge is 2.13. The molecule has 0 N–H and O–H groups in total. The molecule has 0 saturated heterocycles. The van der Waals surface area contributed by atoms with Gasteiger partial charge in [0, 0.05) is 5.56 Å². The van der Waals surface area contributed by atoms with Crippen LogP contribution in [0.25, 0.3) is 17.0 Å². The smallest absolute Gasteiger partial charge is 0.169 e. The van der Waals surface area contributed by atoms with Gasteiger partial charge in [-0.15, -0.1) is 10.2 Å². The maximum atomic E-state index is 6.24. The molecule has 0 spiro atoms. The molecule has 0 amide bonds. The average Bonchev–Trinajstić information content (AvgIpc) is 2.93. The van der Waals surface area contributed by atoms with Crippen LogP contribution < -0.4 is 9.47 Å². The Balaban J connectivity index is 2.15. The first-order valence-corrected chi connectivity index (χ1v) is 6.93. The number of benzene rings is 1. The quantitative estimate of drug-likeness (QED) is 0.693. The molecule has 0 aliphatic heterocycles. The van der Waals surface area contributed by atoms with Crippen LogP contribution in [0.4, 0.5) is 0 Å². The molecule has 0 bridgehead atoms. The number of aromatic nitrogens is 3. The van der Waals surface area contributed by atoms with E-state index in [9.17, 15) is 0 Å². The van der Waals surface area contributed by atoms with E-state index in [2.05, 4.69) is 10.2 Å². The van der Waals surface area contributed by atoms with Crippen molar-refractivity contribution >= 4 is 17.2 Å². The second-order valence-corrected chi connectivity index (χ2v) is 4.75. The van der Waals surface area contributed by atoms with Crippen LogP contribution in [-0.4, -0.2) is 28.3 Å². The lowest BCUT2D eigenvalue weighted by Gasteiger charge is -2.10. The van der Waals surface area contributed by atoms with Gasteiger partial charge < -0.3 is 9.47 Å². The molecule has 2 aromatic heterocycles. The molecule has 0 atom stereocenters. The molecule has 6 heteroatoms. The topological polar surface area (TPSA) is 48.7 Å². The van der Waals surface area contributed by atoms with Crippen molar-refractivity contribution in [2.75, 3.05) is 13.7 Å². The maximum Gasteiger partial charge on any atom is 0.169 e. The van der Waals surface area contributed by atoms with Crippen molar-refractivity contribution in [1.82, 2.24) is 14.6 Å². The first-order valence-electron chi connectivity index (χ1n) is 6.55. The molecule has 3 rings (SSSR count). The van der Waals surface area contributed by atoms with Gasteiger partial charge in [0.2, 0.25) is 0 Å². The van der Waals surface area contributed by atoms with E-state index in [-0.39, 0.29) is 0 Å². The van der Waals surface area contributed by atoms with Gasteiger partial charge in [-0.1, -0.05) is 17.7 Å². The number of fused-ring (bicyclic) bond motifs is 1. The zero-order valence-corrected chi connectivity index (χ0v) is 12.5. The molecule has 0 aliphatic rings. The number of methoxy groups -OCH3 is 1. The number of hydrogen-bond donors (Lipinski definition) is 0. The second-order valence-electron chi connectivity index (χ2n) is 4.36. The summed E-state index contributed by atoms with van der Waals surface area (Å²) in [6, 6.07) is 11.1. The Labute approximate surface area is 127 Å². The summed E-state index contributed by atoms with van der Waals surface area (Å²) >= 11 is 6.24. The highest BCUT2D eigenvalue weighted by molar-refractivity contribution is 6.29. The first-order chi connectivity index (χ1) is 10.2. The van der Waals surface area contributed by atoms with Crippen molar-refractivity contribution in [1.29, 1.82) is 0 Å². The van der Waals surface area contributed by atoms with Crippen molar-refractivity contribution in [2.24, 2.45) is 0 Å². The SMILES string of the molecule is CCOc1ccc(-c2nnc3cccc(Cl)n23)cc1OC. The maximum absolute atomic E-state index is 6.24. The zero-order chi connectivity index (χ0) is 14.8. The van der Waals surface area contributed by atoms with E-state index in [1.54, 1.807) is 17.6 Å². The zero-order valence-electron chi connectivity index (χ0n) is 11.7. The molecule has 2 heterocycles. The number of rotatable bonds is 4. The summed E-state index contributed by atoms with van der Waals surface area (Å²) in [5.74, 6) is 2.01. The van der Waals surface area contributed by atoms with Crippen LogP contribution in [0.3, 0.4) is 0 Å². The fraction of sp³-hybridized carbons (Fsp3) is 0.200. The summed E-state index contributed by atoms with van der Waals surface area (Å²) in [5, 5.41) is 8.89.